The molecule has 0 radical (unpaired) electrons. The molecule has 11 nitrogen and oxygen atoms in total. The summed E-state index contributed by atoms with van der Waals surface area (Å²) in [5.41, 5.74) is 1.98. The quantitative estimate of drug-likeness (QED) is 0.237. The van der Waals surface area contributed by atoms with Crippen molar-refractivity contribution in [1.29, 1.82) is 0 Å². The van der Waals surface area contributed by atoms with Crippen LogP contribution >= 0.6 is 11.6 Å². The molecule has 1 N–H and O–H groups in total. The van der Waals surface area contributed by atoms with Crippen molar-refractivity contribution >= 4 is 22.8 Å². The number of methoxy groups -OCH3 is 2. The molecule has 1 saturated carbocycles. The highest BCUT2D eigenvalue weighted by atomic mass is 35.5. The molecule has 4 aromatic heterocycles. The molecule has 4 heterocycles. The van der Waals surface area contributed by atoms with Crippen LogP contribution in [0, 0.1) is 24.2 Å². The van der Waals surface area contributed by atoms with E-state index >= 15 is 0 Å². The van der Waals surface area contributed by atoms with Gasteiger partial charge in [-0.25, -0.2) is 19.7 Å². The molecule has 5 aromatic rings. The third-order valence-corrected chi connectivity index (χ3v) is 8.42. The van der Waals surface area contributed by atoms with Crippen LogP contribution < -0.4 is 10.5 Å². The Labute approximate surface area is 252 Å². The van der Waals surface area contributed by atoms with Crippen molar-refractivity contribution in [3.63, 3.8) is 0 Å². The summed E-state index contributed by atoms with van der Waals surface area (Å²) in [5.74, 6) is 4.30. The molecule has 1 aromatic carbocycles. The number of fused-ring (bicyclic) bond motifs is 1. The Hall–Kier alpha value is -4.53. The van der Waals surface area contributed by atoms with Gasteiger partial charge in [0.1, 0.15) is 22.8 Å². The second-order valence-corrected chi connectivity index (χ2v) is 11.2. The minimum Gasteiger partial charge on any atom is -0.496 e. The number of terminal acetylenes is 1. The van der Waals surface area contributed by atoms with Crippen LogP contribution in [0.25, 0.3) is 34.1 Å². The van der Waals surface area contributed by atoms with Crippen LogP contribution in [0.4, 0.5) is 0 Å². The Balaban J connectivity index is 1.64. The van der Waals surface area contributed by atoms with Gasteiger partial charge in [-0.3, -0.25) is 14.5 Å². The Morgan fingerprint density at radius 1 is 1.16 bits per heavy atom. The summed E-state index contributed by atoms with van der Waals surface area (Å²) in [5, 5.41) is 4.26. The van der Waals surface area contributed by atoms with Gasteiger partial charge < -0.3 is 14.0 Å². The fourth-order valence-electron chi connectivity index (χ4n) is 5.88. The number of imidazole rings is 1. The van der Waals surface area contributed by atoms with Crippen molar-refractivity contribution in [3.8, 4) is 41.0 Å². The third-order valence-electron chi connectivity index (χ3n) is 8.21. The lowest BCUT2D eigenvalue weighted by Crippen LogP contribution is -2.32. The highest BCUT2D eigenvalue weighted by Gasteiger charge is 2.39. The van der Waals surface area contributed by atoms with Gasteiger partial charge in [0.2, 0.25) is 11.6 Å². The SMILES string of the molecule is C#CC1CCC(Cn2c(C(C)(OC)c3ccccc3OC)nc3nc(-c4noc(=O)[nH]4)nc(-c4cncc(Cl)c4)c32)CC1. The van der Waals surface area contributed by atoms with Gasteiger partial charge >= 0.3 is 5.76 Å². The van der Waals surface area contributed by atoms with Crippen molar-refractivity contribution in [2.24, 2.45) is 11.8 Å². The number of aromatic amines is 1. The molecule has 1 fully saturated rings. The van der Waals surface area contributed by atoms with Gasteiger partial charge in [-0.2, -0.15) is 0 Å². The monoisotopic (exact) mass is 599 g/mol. The van der Waals surface area contributed by atoms with Crippen molar-refractivity contribution in [2.75, 3.05) is 14.2 Å². The second-order valence-electron chi connectivity index (χ2n) is 10.8. The average molecular weight is 600 g/mol. The van der Waals surface area contributed by atoms with E-state index < -0.39 is 11.4 Å². The second kappa shape index (κ2) is 11.6. The van der Waals surface area contributed by atoms with E-state index in [1.165, 1.54) is 0 Å². The summed E-state index contributed by atoms with van der Waals surface area (Å²) in [7, 11) is 3.27. The van der Waals surface area contributed by atoms with E-state index in [0.29, 0.717) is 51.5 Å². The molecule has 1 aliphatic carbocycles. The maximum atomic E-state index is 11.8. The van der Waals surface area contributed by atoms with Gasteiger partial charge in [-0.1, -0.05) is 35.0 Å². The number of nitrogens with zero attached hydrogens (tertiary/aromatic N) is 6. The first-order valence-electron chi connectivity index (χ1n) is 14.0. The van der Waals surface area contributed by atoms with Crippen molar-refractivity contribution in [1.82, 2.24) is 34.6 Å². The molecule has 6 rings (SSSR count). The van der Waals surface area contributed by atoms with E-state index in [0.717, 1.165) is 31.2 Å². The van der Waals surface area contributed by atoms with Crippen LogP contribution in [-0.2, 0) is 16.9 Å². The van der Waals surface area contributed by atoms with Crippen LogP contribution in [0.15, 0.2) is 52.0 Å². The van der Waals surface area contributed by atoms with Gasteiger partial charge in [0.15, 0.2) is 11.2 Å². The van der Waals surface area contributed by atoms with Gasteiger partial charge in [-0.15, -0.1) is 12.3 Å². The van der Waals surface area contributed by atoms with Crippen molar-refractivity contribution in [3.05, 3.63) is 69.7 Å². The van der Waals surface area contributed by atoms with E-state index in [-0.39, 0.29) is 17.6 Å². The summed E-state index contributed by atoms with van der Waals surface area (Å²) < 4.78 is 18.9. The number of hydrogen-bond donors (Lipinski definition) is 1. The fourth-order valence-corrected chi connectivity index (χ4v) is 6.06. The number of pyridine rings is 1. The zero-order valence-electron chi connectivity index (χ0n) is 24.0. The number of benzene rings is 1. The molecule has 0 bridgehead atoms. The molecule has 0 saturated heterocycles. The molecular formula is C31H30ClN7O4. The van der Waals surface area contributed by atoms with Crippen LogP contribution in [0.2, 0.25) is 5.02 Å². The summed E-state index contributed by atoms with van der Waals surface area (Å²) >= 11 is 6.39. The predicted octanol–water partition coefficient (Wildman–Crippen LogP) is 5.24. The number of aromatic nitrogens is 7. The summed E-state index contributed by atoms with van der Waals surface area (Å²) in [6, 6.07) is 9.47. The first-order chi connectivity index (χ1) is 20.8. The van der Waals surface area contributed by atoms with E-state index in [1.807, 2.05) is 31.2 Å². The number of hydrogen-bond acceptors (Lipinski definition) is 9. The van der Waals surface area contributed by atoms with Crippen LogP contribution in [-0.4, -0.2) is 48.9 Å². The van der Waals surface area contributed by atoms with Crippen LogP contribution in [0.3, 0.4) is 0 Å². The molecule has 1 aliphatic rings. The molecule has 0 amide bonds. The average Bonchev–Trinajstić information content (AvgIpc) is 3.64. The zero-order valence-corrected chi connectivity index (χ0v) is 24.8. The lowest BCUT2D eigenvalue weighted by molar-refractivity contribution is 0.0258. The number of ether oxygens (including phenoxy) is 2. The van der Waals surface area contributed by atoms with Crippen molar-refractivity contribution in [2.45, 2.75) is 44.8 Å². The van der Waals surface area contributed by atoms with Crippen LogP contribution in [0.1, 0.15) is 44.0 Å². The summed E-state index contributed by atoms with van der Waals surface area (Å²) in [6.07, 6.45) is 12.8. The lowest BCUT2D eigenvalue weighted by atomic mass is 9.82. The first-order valence-corrected chi connectivity index (χ1v) is 14.3. The van der Waals surface area contributed by atoms with Crippen LogP contribution in [0.5, 0.6) is 5.75 Å². The molecule has 1 atom stereocenters. The predicted molar refractivity (Wildman–Crippen MR) is 160 cm³/mol. The molecule has 220 valence electrons. The molecule has 0 aliphatic heterocycles. The first kappa shape index (κ1) is 28.6. The van der Waals surface area contributed by atoms with Gasteiger partial charge in [0.25, 0.3) is 0 Å². The lowest BCUT2D eigenvalue weighted by Gasteiger charge is -2.32. The Morgan fingerprint density at radius 3 is 2.63 bits per heavy atom. The fraction of sp³-hybridized carbons (Fsp3) is 0.355. The van der Waals surface area contributed by atoms with Gasteiger partial charge in [0.05, 0.1) is 12.1 Å². The maximum Gasteiger partial charge on any atom is 0.439 e. The van der Waals surface area contributed by atoms with E-state index in [4.69, 9.17) is 47.0 Å². The maximum absolute atomic E-state index is 11.8. The van der Waals surface area contributed by atoms with Gasteiger partial charge in [0, 0.05) is 43.1 Å². The number of halogens is 1. The van der Waals surface area contributed by atoms with E-state index in [2.05, 4.69) is 25.6 Å². The van der Waals surface area contributed by atoms with Crippen molar-refractivity contribution < 1.29 is 14.0 Å². The number of nitrogens with one attached hydrogen (secondary N) is 1. The summed E-state index contributed by atoms with van der Waals surface area (Å²) in [6.45, 7) is 2.59. The largest absolute Gasteiger partial charge is 0.496 e. The Kier molecular flexibility index (Phi) is 7.73. The van der Waals surface area contributed by atoms with Gasteiger partial charge in [-0.05, 0) is 50.7 Å². The van der Waals surface area contributed by atoms with E-state index in [9.17, 15) is 4.79 Å². The molecule has 0 spiro atoms. The van der Waals surface area contributed by atoms with E-state index in [1.54, 1.807) is 32.7 Å². The highest BCUT2D eigenvalue weighted by Crippen LogP contribution is 2.42. The summed E-state index contributed by atoms with van der Waals surface area (Å²) in [4.78, 5) is 33.3. The highest BCUT2D eigenvalue weighted by molar-refractivity contribution is 6.30. The molecular weight excluding hydrogens is 570 g/mol. The Bertz CT molecular complexity index is 1880. The normalized spacial score (nSPS) is 18.3. The molecule has 12 heteroatoms. The number of rotatable bonds is 8. The smallest absolute Gasteiger partial charge is 0.439 e. The third kappa shape index (κ3) is 5.28. The molecule has 1 unspecified atom stereocenters. The topological polar surface area (TPSA) is 134 Å². The number of H-pyrrole nitrogens is 1. The number of para-hydroxylation sites is 1. The minimum atomic E-state index is -1.05. The standard InChI is InChI=1S/C31H30ClN7O4/c1-5-18-10-12-19(13-11-18)17-39-25-24(20-14-21(32)16-33-15-20)34-27(28-37-30(40)43-38-28)35-26(25)36-29(39)31(2,42-4)22-8-6-7-9-23(22)41-3/h1,6-9,14-16,18-19H,10-13,17H2,2-4H3,(H,37,38,40). The minimum absolute atomic E-state index is 0.0751. The zero-order chi connectivity index (χ0) is 30.1. The Morgan fingerprint density at radius 2 is 1.95 bits per heavy atom. The molecule has 43 heavy (non-hydrogen) atoms.